The van der Waals surface area contributed by atoms with Gasteiger partial charge in [-0.2, -0.15) is 0 Å². The van der Waals surface area contributed by atoms with E-state index in [2.05, 4.69) is 32.2 Å². The van der Waals surface area contributed by atoms with Gasteiger partial charge in [-0.05, 0) is 53.7 Å². The van der Waals surface area contributed by atoms with Crippen molar-refractivity contribution in [2.75, 3.05) is 0 Å². The molecule has 1 aromatic rings. The van der Waals surface area contributed by atoms with Crippen LogP contribution in [0.3, 0.4) is 0 Å². The van der Waals surface area contributed by atoms with Crippen molar-refractivity contribution < 1.29 is 0 Å². The summed E-state index contributed by atoms with van der Waals surface area (Å²) in [6.45, 7) is 8.24. The molecule has 4 heteroatoms. The second-order valence-corrected chi connectivity index (χ2v) is 8.11. The lowest BCUT2D eigenvalue weighted by atomic mass is 9.69. The van der Waals surface area contributed by atoms with Crippen LogP contribution in [0.4, 0.5) is 0 Å². The van der Waals surface area contributed by atoms with Crippen LogP contribution in [-0.4, -0.2) is 6.04 Å². The van der Waals surface area contributed by atoms with E-state index in [1.807, 2.05) is 12.1 Å². The predicted octanol–water partition coefficient (Wildman–Crippen LogP) is 5.72. The minimum absolute atomic E-state index is 0. The Morgan fingerprint density at radius 2 is 1.90 bits per heavy atom. The molecule has 2 aliphatic rings. The highest BCUT2D eigenvalue weighted by molar-refractivity contribution is 6.42. The lowest BCUT2D eigenvalue weighted by Crippen LogP contribution is -2.44. The molecule has 2 saturated carbocycles. The average Bonchev–Trinajstić information content (AvgIpc) is 2.73. The molecule has 118 valence electrons. The number of fused-ring (bicyclic) bond motifs is 2. The molecule has 1 nitrogen and oxygen atoms in total. The summed E-state index contributed by atoms with van der Waals surface area (Å²) in [6, 6.07) is 6.53. The van der Waals surface area contributed by atoms with E-state index >= 15 is 0 Å². The topological polar surface area (TPSA) is 12.0 Å². The van der Waals surface area contributed by atoms with Gasteiger partial charge >= 0.3 is 0 Å². The lowest BCUT2D eigenvalue weighted by molar-refractivity contribution is 0.120. The molecule has 0 heterocycles. The smallest absolute Gasteiger partial charge is 0.0595 e. The molecule has 3 rings (SSSR count). The molecule has 1 N–H and O–H groups in total. The second kappa shape index (κ2) is 5.92. The Morgan fingerprint density at radius 1 is 1.19 bits per heavy atom. The minimum Gasteiger partial charge on any atom is -0.309 e. The van der Waals surface area contributed by atoms with Gasteiger partial charge in [0.25, 0.3) is 0 Å². The van der Waals surface area contributed by atoms with Crippen molar-refractivity contribution in [1.82, 2.24) is 5.32 Å². The summed E-state index contributed by atoms with van der Waals surface area (Å²) in [6.07, 6.45) is 4.06. The number of rotatable bonds is 3. The van der Waals surface area contributed by atoms with Crippen molar-refractivity contribution >= 4 is 35.6 Å². The lowest BCUT2D eigenvalue weighted by Gasteiger charge is -2.39. The van der Waals surface area contributed by atoms with Crippen LogP contribution >= 0.6 is 35.6 Å². The highest BCUT2D eigenvalue weighted by atomic mass is 35.5. The first-order chi connectivity index (χ1) is 9.34. The van der Waals surface area contributed by atoms with Gasteiger partial charge in [0.05, 0.1) is 10.0 Å². The van der Waals surface area contributed by atoms with Gasteiger partial charge < -0.3 is 5.32 Å². The first-order valence-electron chi connectivity index (χ1n) is 7.52. The third kappa shape index (κ3) is 2.72. The molecule has 2 aliphatic carbocycles. The van der Waals surface area contributed by atoms with Gasteiger partial charge in [0.1, 0.15) is 0 Å². The zero-order valence-electron chi connectivity index (χ0n) is 12.9. The normalized spacial score (nSPS) is 33.0. The molecule has 3 atom stereocenters. The summed E-state index contributed by atoms with van der Waals surface area (Å²) in [5, 5.41) is 5.04. The number of hydrogen-bond donors (Lipinski definition) is 1. The fourth-order valence-electron chi connectivity index (χ4n) is 4.40. The number of benzene rings is 1. The highest BCUT2D eigenvalue weighted by Gasteiger charge is 2.60. The Labute approximate surface area is 144 Å². The molecule has 1 aromatic carbocycles. The van der Waals surface area contributed by atoms with Crippen LogP contribution in [0.5, 0.6) is 0 Å². The molecular formula is C17H24Cl3N. The molecule has 0 radical (unpaired) electrons. The number of halogens is 3. The van der Waals surface area contributed by atoms with E-state index in [4.69, 9.17) is 23.2 Å². The van der Waals surface area contributed by atoms with Gasteiger partial charge in [0.2, 0.25) is 0 Å². The Kier molecular flexibility index (Phi) is 4.91. The average molecular weight is 349 g/mol. The van der Waals surface area contributed by atoms with Gasteiger partial charge in [-0.3, -0.25) is 0 Å². The zero-order chi connectivity index (χ0) is 14.5. The summed E-state index contributed by atoms with van der Waals surface area (Å²) in [7, 11) is 0. The van der Waals surface area contributed by atoms with Crippen LogP contribution in [0.15, 0.2) is 18.2 Å². The van der Waals surface area contributed by atoms with Crippen LogP contribution in [0.25, 0.3) is 0 Å². The molecule has 0 saturated heterocycles. The summed E-state index contributed by atoms with van der Waals surface area (Å²) < 4.78 is 0. The van der Waals surface area contributed by atoms with Crippen molar-refractivity contribution in [3.63, 3.8) is 0 Å². The molecule has 2 fully saturated rings. The Bertz CT molecular complexity index is 529. The maximum absolute atomic E-state index is 6.09. The first kappa shape index (κ1) is 17.4. The largest absolute Gasteiger partial charge is 0.309 e. The summed E-state index contributed by atoms with van der Waals surface area (Å²) in [4.78, 5) is 0. The Morgan fingerprint density at radius 3 is 2.43 bits per heavy atom. The molecule has 0 amide bonds. The van der Waals surface area contributed by atoms with Crippen LogP contribution in [-0.2, 0) is 6.54 Å². The predicted molar refractivity (Wildman–Crippen MR) is 93.6 cm³/mol. The third-order valence-electron chi connectivity index (χ3n) is 6.33. The van der Waals surface area contributed by atoms with Crippen LogP contribution in [0.1, 0.15) is 45.6 Å². The summed E-state index contributed by atoms with van der Waals surface area (Å²) in [5.74, 6) is 0.874. The SMILES string of the molecule is CC1(C)[C@H]2CC[C@]1(C)[C@H](NCc1ccc(Cl)c(Cl)c1)C2.Cl. The van der Waals surface area contributed by atoms with E-state index in [1.165, 1.54) is 24.8 Å². The maximum Gasteiger partial charge on any atom is 0.0595 e. The van der Waals surface area contributed by atoms with E-state index < -0.39 is 0 Å². The highest BCUT2D eigenvalue weighted by Crippen LogP contribution is 2.65. The maximum atomic E-state index is 6.09. The van der Waals surface area contributed by atoms with Gasteiger partial charge in [0, 0.05) is 12.6 Å². The standard InChI is InChI=1S/C17H23Cl2N.ClH/c1-16(2)12-6-7-17(16,3)15(9-12)20-10-11-4-5-13(18)14(19)8-11;/h4-5,8,12,15,20H,6-7,9-10H2,1-3H3;1H/t12-,15+,17+;/m0./s1. The van der Waals surface area contributed by atoms with E-state index in [0.29, 0.717) is 26.9 Å². The number of hydrogen-bond acceptors (Lipinski definition) is 1. The fraction of sp³-hybridized carbons (Fsp3) is 0.647. The molecule has 0 unspecified atom stereocenters. The number of nitrogens with one attached hydrogen (secondary N) is 1. The van der Waals surface area contributed by atoms with Crippen LogP contribution in [0.2, 0.25) is 10.0 Å². The van der Waals surface area contributed by atoms with Crippen molar-refractivity contribution in [2.45, 2.75) is 52.6 Å². The molecule has 0 aromatic heterocycles. The molecule has 21 heavy (non-hydrogen) atoms. The van der Waals surface area contributed by atoms with Crippen LogP contribution < -0.4 is 5.32 Å². The van der Waals surface area contributed by atoms with Gasteiger partial charge in [0.15, 0.2) is 0 Å². The van der Waals surface area contributed by atoms with E-state index in [0.717, 1.165) is 12.5 Å². The van der Waals surface area contributed by atoms with Gasteiger partial charge in [-0.25, -0.2) is 0 Å². The van der Waals surface area contributed by atoms with E-state index in [1.54, 1.807) is 0 Å². The van der Waals surface area contributed by atoms with Crippen molar-refractivity contribution in [1.29, 1.82) is 0 Å². The zero-order valence-corrected chi connectivity index (χ0v) is 15.2. The van der Waals surface area contributed by atoms with Gasteiger partial charge in [-0.15, -0.1) is 12.4 Å². The Hall–Kier alpha value is 0.0500. The third-order valence-corrected chi connectivity index (χ3v) is 7.07. The molecule has 2 bridgehead atoms. The van der Waals surface area contributed by atoms with Crippen molar-refractivity contribution in [3.8, 4) is 0 Å². The van der Waals surface area contributed by atoms with Crippen molar-refractivity contribution in [2.24, 2.45) is 16.7 Å². The van der Waals surface area contributed by atoms with Gasteiger partial charge in [-0.1, -0.05) is 50.0 Å². The molecule has 0 spiro atoms. The molecule has 0 aliphatic heterocycles. The second-order valence-electron chi connectivity index (χ2n) is 7.29. The quantitative estimate of drug-likeness (QED) is 0.736. The van der Waals surface area contributed by atoms with Crippen molar-refractivity contribution in [3.05, 3.63) is 33.8 Å². The molecular weight excluding hydrogens is 325 g/mol. The van der Waals surface area contributed by atoms with Crippen LogP contribution in [0, 0.1) is 16.7 Å². The summed E-state index contributed by atoms with van der Waals surface area (Å²) >= 11 is 12.1. The summed E-state index contributed by atoms with van der Waals surface area (Å²) in [5.41, 5.74) is 2.10. The van der Waals surface area contributed by atoms with E-state index in [9.17, 15) is 0 Å². The Balaban J connectivity index is 0.00000161. The minimum atomic E-state index is 0. The fourth-order valence-corrected chi connectivity index (χ4v) is 4.72. The van der Waals surface area contributed by atoms with E-state index in [-0.39, 0.29) is 12.4 Å². The monoisotopic (exact) mass is 347 g/mol. The first-order valence-corrected chi connectivity index (χ1v) is 8.27.